The number of anilines is 1. The van der Waals surface area contributed by atoms with Crippen molar-refractivity contribution in [2.24, 2.45) is 0 Å². The Kier molecular flexibility index (Phi) is 5.15. The van der Waals surface area contributed by atoms with Crippen molar-refractivity contribution in [2.75, 3.05) is 25.5 Å². The maximum absolute atomic E-state index is 12.0. The summed E-state index contributed by atoms with van der Waals surface area (Å²) in [6, 6.07) is 6.20. The number of aliphatic hydroxyl groups excluding tert-OH is 1. The van der Waals surface area contributed by atoms with Gasteiger partial charge in [-0.1, -0.05) is 6.07 Å². The molecule has 20 heavy (non-hydrogen) atoms. The lowest BCUT2D eigenvalue weighted by Crippen LogP contribution is -2.32. The molecule has 2 rings (SSSR count). The highest BCUT2D eigenvalue weighted by Gasteiger charge is 2.12. The number of likely N-dealkylation sites (N-methyl/N-ethyl adjacent to an activating group) is 1. The molecule has 0 fully saturated rings. The molecule has 0 bridgehead atoms. The minimum atomic E-state index is -0.322. The van der Waals surface area contributed by atoms with Crippen LogP contribution in [-0.4, -0.2) is 42.2 Å². The molecule has 0 radical (unpaired) electrons. The number of nitrogens with zero attached hydrogens (tertiary/aromatic N) is 1. The lowest BCUT2D eigenvalue weighted by atomic mass is 10.1. The van der Waals surface area contributed by atoms with Gasteiger partial charge >= 0.3 is 0 Å². The predicted molar refractivity (Wildman–Crippen MR) is 80.9 cm³/mol. The predicted octanol–water partition coefficient (Wildman–Crippen LogP) is 1.82. The minimum Gasteiger partial charge on any atom is -0.393 e. The van der Waals surface area contributed by atoms with E-state index in [0.717, 1.165) is 25.1 Å². The number of carbonyl (C=O) groups is 1. The van der Waals surface area contributed by atoms with Crippen molar-refractivity contribution in [2.45, 2.75) is 38.7 Å². The van der Waals surface area contributed by atoms with Crippen LogP contribution in [0.25, 0.3) is 0 Å². The molecule has 0 spiro atoms. The molecular weight excluding hydrogens is 252 g/mol. The van der Waals surface area contributed by atoms with Crippen LogP contribution in [0.1, 0.15) is 30.9 Å². The molecule has 1 atom stereocenters. The molecule has 1 aliphatic rings. The molecule has 110 valence electrons. The first-order valence-electron chi connectivity index (χ1n) is 7.33. The van der Waals surface area contributed by atoms with Crippen molar-refractivity contribution >= 4 is 11.6 Å². The molecule has 2 N–H and O–H groups in total. The van der Waals surface area contributed by atoms with Gasteiger partial charge < -0.3 is 10.4 Å². The highest BCUT2D eigenvalue weighted by atomic mass is 16.3. The van der Waals surface area contributed by atoms with Crippen LogP contribution in [0.5, 0.6) is 0 Å². The van der Waals surface area contributed by atoms with Gasteiger partial charge in [-0.25, -0.2) is 0 Å². The van der Waals surface area contributed by atoms with Crippen molar-refractivity contribution in [1.29, 1.82) is 0 Å². The van der Waals surface area contributed by atoms with Crippen LogP contribution >= 0.6 is 0 Å². The third-order valence-corrected chi connectivity index (χ3v) is 3.72. The third-order valence-electron chi connectivity index (χ3n) is 3.72. The zero-order valence-corrected chi connectivity index (χ0v) is 12.4. The summed E-state index contributed by atoms with van der Waals surface area (Å²) < 4.78 is 0. The average molecular weight is 276 g/mol. The second-order valence-electron chi connectivity index (χ2n) is 5.76. The Balaban J connectivity index is 1.82. The van der Waals surface area contributed by atoms with Gasteiger partial charge in [0.1, 0.15) is 0 Å². The molecule has 1 aromatic carbocycles. The number of aliphatic hydroxyl groups is 1. The Bertz CT molecular complexity index is 472. The van der Waals surface area contributed by atoms with Gasteiger partial charge in [-0.3, -0.25) is 9.69 Å². The number of fused-ring (bicyclic) bond motifs is 1. The van der Waals surface area contributed by atoms with Crippen molar-refractivity contribution in [3.8, 4) is 0 Å². The summed E-state index contributed by atoms with van der Waals surface area (Å²) in [5.74, 6) is -0.00367. The molecule has 1 amide bonds. The van der Waals surface area contributed by atoms with Crippen LogP contribution in [-0.2, 0) is 17.6 Å². The molecule has 4 nitrogen and oxygen atoms in total. The van der Waals surface area contributed by atoms with Gasteiger partial charge in [-0.15, -0.1) is 0 Å². The normalized spacial score (nSPS) is 15.2. The van der Waals surface area contributed by atoms with Crippen molar-refractivity contribution in [1.82, 2.24) is 4.90 Å². The van der Waals surface area contributed by atoms with E-state index in [1.165, 1.54) is 17.5 Å². The van der Waals surface area contributed by atoms with E-state index < -0.39 is 0 Å². The summed E-state index contributed by atoms with van der Waals surface area (Å²) >= 11 is 0. The van der Waals surface area contributed by atoms with E-state index in [-0.39, 0.29) is 12.0 Å². The van der Waals surface area contributed by atoms with E-state index >= 15 is 0 Å². The van der Waals surface area contributed by atoms with Crippen LogP contribution in [0.15, 0.2) is 18.2 Å². The molecule has 0 heterocycles. The first-order chi connectivity index (χ1) is 9.54. The monoisotopic (exact) mass is 276 g/mol. The van der Waals surface area contributed by atoms with Crippen LogP contribution in [0, 0.1) is 0 Å². The highest BCUT2D eigenvalue weighted by Crippen LogP contribution is 2.24. The first-order valence-corrected chi connectivity index (χ1v) is 7.33. The molecular formula is C16H24N2O2. The van der Waals surface area contributed by atoms with Crippen LogP contribution in [0.3, 0.4) is 0 Å². The SMILES string of the molecule is CC(O)CCN(C)CC(=O)Nc1ccc2c(c1)CCC2. The fraction of sp³-hybridized carbons (Fsp3) is 0.562. The molecule has 4 heteroatoms. The Labute approximate surface area is 120 Å². The van der Waals surface area contributed by atoms with E-state index in [1.807, 2.05) is 18.0 Å². The number of benzene rings is 1. The fourth-order valence-electron chi connectivity index (χ4n) is 2.58. The van der Waals surface area contributed by atoms with Gasteiger partial charge in [0.25, 0.3) is 0 Å². The summed E-state index contributed by atoms with van der Waals surface area (Å²) in [4.78, 5) is 13.9. The van der Waals surface area contributed by atoms with Crippen LogP contribution in [0.4, 0.5) is 5.69 Å². The number of hydrogen-bond acceptors (Lipinski definition) is 3. The Morgan fingerprint density at radius 3 is 2.90 bits per heavy atom. The maximum Gasteiger partial charge on any atom is 0.238 e. The number of amides is 1. The zero-order valence-electron chi connectivity index (χ0n) is 12.4. The number of carbonyl (C=O) groups excluding carboxylic acids is 1. The van der Waals surface area contributed by atoms with Gasteiger partial charge in [-0.05, 0) is 62.9 Å². The summed E-state index contributed by atoms with van der Waals surface area (Å²) in [7, 11) is 1.89. The van der Waals surface area contributed by atoms with E-state index in [0.29, 0.717) is 13.0 Å². The van der Waals surface area contributed by atoms with Gasteiger partial charge in [0.05, 0.1) is 12.6 Å². The van der Waals surface area contributed by atoms with E-state index in [2.05, 4.69) is 17.4 Å². The van der Waals surface area contributed by atoms with Gasteiger partial charge in [0.2, 0.25) is 5.91 Å². The van der Waals surface area contributed by atoms with Gasteiger partial charge in [0.15, 0.2) is 0 Å². The smallest absolute Gasteiger partial charge is 0.238 e. The Morgan fingerprint density at radius 2 is 2.15 bits per heavy atom. The molecule has 0 saturated heterocycles. The molecule has 1 aromatic rings. The molecule has 0 saturated carbocycles. The van der Waals surface area contributed by atoms with E-state index in [1.54, 1.807) is 6.92 Å². The largest absolute Gasteiger partial charge is 0.393 e. The second-order valence-corrected chi connectivity index (χ2v) is 5.76. The summed E-state index contributed by atoms with van der Waals surface area (Å²) in [5, 5.41) is 12.2. The van der Waals surface area contributed by atoms with E-state index in [9.17, 15) is 9.90 Å². The number of hydrogen-bond donors (Lipinski definition) is 2. The highest BCUT2D eigenvalue weighted by molar-refractivity contribution is 5.92. The van der Waals surface area contributed by atoms with Crippen molar-refractivity contribution in [3.05, 3.63) is 29.3 Å². The molecule has 1 aliphatic carbocycles. The zero-order chi connectivity index (χ0) is 14.5. The topological polar surface area (TPSA) is 52.6 Å². The Hall–Kier alpha value is -1.39. The number of aryl methyl sites for hydroxylation is 2. The number of nitrogens with one attached hydrogen (secondary N) is 1. The maximum atomic E-state index is 12.0. The summed E-state index contributed by atoms with van der Waals surface area (Å²) in [6.07, 6.45) is 3.85. The molecule has 0 aromatic heterocycles. The van der Waals surface area contributed by atoms with Crippen LogP contribution in [0.2, 0.25) is 0 Å². The third kappa shape index (κ3) is 4.32. The Morgan fingerprint density at radius 1 is 1.40 bits per heavy atom. The number of rotatable bonds is 6. The van der Waals surface area contributed by atoms with Gasteiger partial charge in [-0.2, -0.15) is 0 Å². The first kappa shape index (κ1) is 15.0. The molecule has 1 unspecified atom stereocenters. The lowest BCUT2D eigenvalue weighted by molar-refractivity contribution is -0.117. The standard InChI is InChI=1S/C16H24N2O2/c1-12(19)8-9-18(2)11-16(20)17-15-7-6-13-4-3-5-14(13)10-15/h6-7,10,12,19H,3-5,8-9,11H2,1-2H3,(H,17,20). The van der Waals surface area contributed by atoms with Crippen molar-refractivity contribution < 1.29 is 9.90 Å². The van der Waals surface area contributed by atoms with Gasteiger partial charge in [0, 0.05) is 12.2 Å². The second kappa shape index (κ2) is 6.86. The fourth-order valence-corrected chi connectivity index (χ4v) is 2.58. The van der Waals surface area contributed by atoms with Crippen LogP contribution < -0.4 is 5.32 Å². The molecule has 0 aliphatic heterocycles. The summed E-state index contributed by atoms with van der Waals surface area (Å²) in [5.41, 5.74) is 3.67. The van der Waals surface area contributed by atoms with E-state index in [4.69, 9.17) is 0 Å². The van der Waals surface area contributed by atoms with Crippen molar-refractivity contribution in [3.63, 3.8) is 0 Å². The minimum absolute atomic E-state index is 0.00367. The lowest BCUT2D eigenvalue weighted by Gasteiger charge is -2.17. The summed E-state index contributed by atoms with van der Waals surface area (Å²) in [6.45, 7) is 2.83. The quantitative estimate of drug-likeness (QED) is 0.833. The average Bonchev–Trinajstić information content (AvgIpc) is 2.83.